The molecule has 3 atom stereocenters. The van der Waals surface area contributed by atoms with E-state index in [9.17, 15) is 4.79 Å². The third-order valence-corrected chi connectivity index (χ3v) is 5.44. The minimum Gasteiger partial charge on any atom is -0.349 e. The van der Waals surface area contributed by atoms with E-state index in [0.29, 0.717) is 28.3 Å². The van der Waals surface area contributed by atoms with Gasteiger partial charge in [0.25, 0.3) is 5.91 Å². The van der Waals surface area contributed by atoms with E-state index in [1.807, 2.05) is 6.07 Å². The maximum Gasteiger partial charge on any atom is 0.252 e. The Morgan fingerprint density at radius 1 is 1.38 bits per heavy atom. The van der Waals surface area contributed by atoms with Gasteiger partial charge in [0.1, 0.15) is 0 Å². The van der Waals surface area contributed by atoms with Crippen LogP contribution < -0.4 is 5.32 Å². The number of halogens is 2. The zero-order chi connectivity index (χ0) is 15.6. The van der Waals surface area contributed by atoms with E-state index >= 15 is 0 Å². The molecule has 4 heteroatoms. The van der Waals surface area contributed by atoms with Crippen LogP contribution in [0, 0.1) is 17.8 Å². The number of nitrogens with one attached hydrogen (secondary N) is 1. The van der Waals surface area contributed by atoms with E-state index in [0.717, 1.165) is 10.9 Å². The molecule has 0 heterocycles. The highest BCUT2D eigenvalue weighted by Crippen LogP contribution is 2.34. The topological polar surface area (TPSA) is 29.1 Å². The SMILES string of the molecule is CC1CCC(C(C)C)C(NC(=O)c2cc(Cl)ccc2Br)C1. The number of carbonyl (C=O) groups is 1. The lowest BCUT2D eigenvalue weighted by Crippen LogP contribution is -2.45. The molecule has 1 saturated carbocycles. The van der Waals surface area contributed by atoms with Gasteiger partial charge in [0, 0.05) is 15.5 Å². The van der Waals surface area contributed by atoms with Gasteiger partial charge in [-0.2, -0.15) is 0 Å². The van der Waals surface area contributed by atoms with Crippen LogP contribution in [0.1, 0.15) is 50.4 Å². The number of amides is 1. The van der Waals surface area contributed by atoms with Crippen LogP contribution in [0.2, 0.25) is 5.02 Å². The second-order valence-corrected chi connectivity index (χ2v) is 7.82. The van der Waals surface area contributed by atoms with Crippen LogP contribution in [0.4, 0.5) is 0 Å². The van der Waals surface area contributed by atoms with E-state index < -0.39 is 0 Å². The summed E-state index contributed by atoms with van der Waals surface area (Å²) in [5.74, 6) is 1.79. The maximum atomic E-state index is 12.6. The fourth-order valence-electron chi connectivity index (χ4n) is 3.29. The molecule has 1 fully saturated rings. The summed E-state index contributed by atoms with van der Waals surface area (Å²) in [7, 11) is 0. The first-order chi connectivity index (χ1) is 9.88. The van der Waals surface area contributed by atoms with Crippen molar-refractivity contribution in [1.82, 2.24) is 5.32 Å². The Bertz CT molecular complexity index is 518. The fourth-order valence-corrected chi connectivity index (χ4v) is 3.88. The standard InChI is InChI=1S/C17H23BrClNO/c1-10(2)13-6-4-11(3)8-16(13)20-17(21)14-9-12(19)5-7-15(14)18/h5,7,9-11,13,16H,4,6,8H2,1-3H3,(H,20,21). The summed E-state index contributed by atoms with van der Waals surface area (Å²) in [6.07, 6.45) is 3.52. The zero-order valence-electron chi connectivity index (χ0n) is 12.8. The number of hydrogen-bond donors (Lipinski definition) is 1. The Morgan fingerprint density at radius 2 is 2.10 bits per heavy atom. The molecule has 2 rings (SSSR count). The molecular weight excluding hydrogens is 350 g/mol. The smallest absolute Gasteiger partial charge is 0.252 e. The molecular formula is C17H23BrClNO. The van der Waals surface area contributed by atoms with Crippen molar-refractivity contribution >= 4 is 33.4 Å². The van der Waals surface area contributed by atoms with Gasteiger partial charge in [0.2, 0.25) is 0 Å². The minimum atomic E-state index is -0.0332. The van der Waals surface area contributed by atoms with Crippen LogP contribution in [0.15, 0.2) is 22.7 Å². The molecule has 1 aromatic rings. The number of hydrogen-bond acceptors (Lipinski definition) is 1. The molecule has 1 aliphatic rings. The molecule has 21 heavy (non-hydrogen) atoms. The summed E-state index contributed by atoms with van der Waals surface area (Å²) >= 11 is 9.44. The first kappa shape index (κ1) is 16.8. The van der Waals surface area contributed by atoms with Crippen molar-refractivity contribution in [2.45, 2.75) is 46.1 Å². The Kier molecular flexibility index (Phi) is 5.73. The van der Waals surface area contributed by atoms with Gasteiger partial charge in [0.15, 0.2) is 0 Å². The molecule has 0 bridgehead atoms. The second kappa shape index (κ2) is 7.15. The van der Waals surface area contributed by atoms with Crippen molar-refractivity contribution in [2.24, 2.45) is 17.8 Å². The predicted octanol–water partition coefficient (Wildman–Crippen LogP) is 5.29. The van der Waals surface area contributed by atoms with Crippen LogP contribution >= 0.6 is 27.5 Å². The molecule has 0 radical (unpaired) electrons. The third-order valence-electron chi connectivity index (χ3n) is 4.51. The van der Waals surface area contributed by atoms with Gasteiger partial charge < -0.3 is 5.32 Å². The number of benzene rings is 1. The molecule has 1 amide bonds. The highest BCUT2D eigenvalue weighted by Gasteiger charge is 2.32. The lowest BCUT2D eigenvalue weighted by atomic mass is 9.74. The van der Waals surface area contributed by atoms with Gasteiger partial charge in [-0.05, 0) is 64.7 Å². The molecule has 0 saturated heterocycles. The van der Waals surface area contributed by atoms with E-state index in [4.69, 9.17) is 11.6 Å². The quantitative estimate of drug-likeness (QED) is 0.767. The average molecular weight is 373 g/mol. The first-order valence-corrected chi connectivity index (χ1v) is 8.81. The molecule has 0 aromatic heterocycles. The van der Waals surface area contributed by atoms with E-state index in [1.54, 1.807) is 12.1 Å². The monoisotopic (exact) mass is 371 g/mol. The minimum absolute atomic E-state index is 0.0332. The molecule has 1 aliphatic carbocycles. The Morgan fingerprint density at radius 3 is 2.76 bits per heavy atom. The summed E-state index contributed by atoms with van der Waals surface area (Å²) in [6, 6.07) is 5.58. The first-order valence-electron chi connectivity index (χ1n) is 7.64. The van der Waals surface area contributed by atoms with Gasteiger partial charge in [-0.3, -0.25) is 4.79 Å². The van der Waals surface area contributed by atoms with Crippen LogP contribution in [0.25, 0.3) is 0 Å². The maximum absolute atomic E-state index is 12.6. The van der Waals surface area contributed by atoms with Crippen molar-refractivity contribution in [3.63, 3.8) is 0 Å². The van der Waals surface area contributed by atoms with Crippen LogP contribution in [-0.4, -0.2) is 11.9 Å². The largest absolute Gasteiger partial charge is 0.349 e. The average Bonchev–Trinajstić information content (AvgIpc) is 2.41. The summed E-state index contributed by atoms with van der Waals surface area (Å²) in [4.78, 5) is 12.6. The molecule has 2 nitrogen and oxygen atoms in total. The molecule has 0 spiro atoms. The fraction of sp³-hybridized carbons (Fsp3) is 0.588. The van der Waals surface area contributed by atoms with Crippen LogP contribution in [0.3, 0.4) is 0 Å². The normalized spacial score (nSPS) is 25.9. The number of rotatable bonds is 3. The van der Waals surface area contributed by atoms with Crippen molar-refractivity contribution in [1.29, 1.82) is 0 Å². The van der Waals surface area contributed by atoms with Crippen molar-refractivity contribution in [3.8, 4) is 0 Å². The summed E-state index contributed by atoms with van der Waals surface area (Å²) < 4.78 is 0.786. The van der Waals surface area contributed by atoms with Gasteiger partial charge in [-0.25, -0.2) is 0 Å². The number of carbonyl (C=O) groups excluding carboxylic acids is 1. The Balaban J connectivity index is 2.14. The highest BCUT2D eigenvalue weighted by atomic mass is 79.9. The van der Waals surface area contributed by atoms with Crippen LogP contribution in [0.5, 0.6) is 0 Å². The Hall–Kier alpha value is -0.540. The predicted molar refractivity (Wildman–Crippen MR) is 91.7 cm³/mol. The van der Waals surface area contributed by atoms with Crippen molar-refractivity contribution in [2.75, 3.05) is 0 Å². The van der Waals surface area contributed by atoms with E-state index in [-0.39, 0.29) is 11.9 Å². The molecule has 1 aromatic carbocycles. The third kappa shape index (κ3) is 4.23. The van der Waals surface area contributed by atoms with E-state index in [1.165, 1.54) is 12.8 Å². The summed E-state index contributed by atoms with van der Waals surface area (Å²) in [5.41, 5.74) is 0.614. The molecule has 3 unspecified atom stereocenters. The van der Waals surface area contributed by atoms with Gasteiger partial charge in [-0.15, -0.1) is 0 Å². The van der Waals surface area contributed by atoms with E-state index in [2.05, 4.69) is 42.0 Å². The lowest BCUT2D eigenvalue weighted by Gasteiger charge is -2.37. The molecule has 1 N–H and O–H groups in total. The van der Waals surface area contributed by atoms with Crippen LogP contribution in [-0.2, 0) is 0 Å². The van der Waals surface area contributed by atoms with Gasteiger partial charge in [-0.1, -0.05) is 38.8 Å². The van der Waals surface area contributed by atoms with Crippen molar-refractivity contribution < 1.29 is 4.79 Å². The van der Waals surface area contributed by atoms with Crippen molar-refractivity contribution in [3.05, 3.63) is 33.3 Å². The highest BCUT2D eigenvalue weighted by molar-refractivity contribution is 9.10. The van der Waals surface area contributed by atoms with Gasteiger partial charge in [0.05, 0.1) is 5.56 Å². The molecule has 0 aliphatic heterocycles. The Labute approximate surface area is 140 Å². The summed E-state index contributed by atoms with van der Waals surface area (Å²) in [6.45, 7) is 6.76. The van der Waals surface area contributed by atoms with Gasteiger partial charge >= 0.3 is 0 Å². The zero-order valence-corrected chi connectivity index (χ0v) is 15.2. The molecule has 116 valence electrons. The lowest BCUT2D eigenvalue weighted by molar-refractivity contribution is 0.0867. The second-order valence-electron chi connectivity index (χ2n) is 6.53. The summed E-state index contributed by atoms with van der Waals surface area (Å²) in [5, 5.41) is 3.82.